The zero-order chi connectivity index (χ0) is 20.1. The quantitative estimate of drug-likeness (QED) is 0.527. The first-order valence-corrected chi connectivity index (χ1v) is 10.0. The minimum atomic E-state index is -0.661. The van der Waals surface area contributed by atoms with Gasteiger partial charge in [-0.1, -0.05) is 71.7 Å². The van der Waals surface area contributed by atoms with Gasteiger partial charge in [-0.05, 0) is 46.5 Å². The van der Waals surface area contributed by atoms with Crippen molar-refractivity contribution in [3.8, 4) is 11.1 Å². The van der Waals surface area contributed by atoms with Crippen LogP contribution >= 0.6 is 15.9 Å². The average molecular weight is 440 g/mol. The fourth-order valence-corrected chi connectivity index (χ4v) is 3.67. The number of carbonyl (C=O) groups excluding carboxylic acids is 2. The Morgan fingerprint density at radius 3 is 2.54 bits per heavy atom. The van der Waals surface area contributed by atoms with E-state index in [0.717, 1.165) is 32.8 Å². The number of halogens is 1. The predicted octanol–water partition coefficient (Wildman–Crippen LogP) is 5.34. The van der Waals surface area contributed by atoms with Crippen LogP contribution in [-0.4, -0.2) is 25.0 Å². The van der Waals surface area contributed by atoms with Crippen LogP contribution in [0.15, 0.2) is 65.1 Å². The first kappa shape index (κ1) is 20.1. The van der Waals surface area contributed by atoms with Crippen molar-refractivity contribution in [2.24, 2.45) is 0 Å². The van der Waals surface area contributed by atoms with Gasteiger partial charge in [0.1, 0.15) is 6.04 Å². The molecule has 0 aromatic heterocycles. The molecule has 0 aliphatic rings. The van der Waals surface area contributed by atoms with E-state index in [1.165, 1.54) is 7.11 Å². The summed E-state index contributed by atoms with van der Waals surface area (Å²) in [6.45, 7) is 1.96. The molecule has 0 unspecified atom stereocenters. The molecule has 0 bridgehead atoms. The molecule has 3 aromatic carbocycles. The van der Waals surface area contributed by atoms with Crippen molar-refractivity contribution >= 4 is 38.6 Å². The molecule has 0 saturated carbocycles. The van der Waals surface area contributed by atoms with Gasteiger partial charge in [0, 0.05) is 10.0 Å². The highest BCUT2D eigenvalue weighted by atomic mass is 79.9. The number of rotatable bonds is 6. The van der Waals surface area contributed by atoms with Crippen LogP contribution in [0.5, 0.6) is 0 Å². The van der Waals surface area contributed by atoms with Crippen molar-refractivity contribution in [1.29, 1.82) is 0 Å². The van der Waals surface area contributed by atoms with Crippen molar-refractivity contribution in [3.05, 3.63) is 70.7 Å². The highest BCUT2D eigenvalue weighted by Crippen LogP contribution is 2.33. The minimum absolute atomic E-state index is 0.292. The van der Waals surface area contributed by atoms with E-state index < -0.39 is 12.0 Å². The lowest BCUT2D eigenvalue weighted by molar-refractivity contribution is -0.143. The van der Waals surface area contributed by atoms with Gasteiger partial charge in [-0.15, -0.1) is 0 Å². The Hall–Kier alpha value is -2.66. The van der Waals surface area contributed by atoms with Gasteiger partial charge < -0.3 is 10.1 Å². The van der Waals surface area contributed by atoms with E-state index in [0.29, 0.717) is 12.0 Å². The Kier molecular flexibility index (Phi) is 6.47. The van der Waals surface area contributed by atoms with E-state index in [4.69, 9.17) is 4.74 Å². The molecule has 1 amide bonds. The second-order valence-electron chi connectivity index (χ2n) is 6.55. The molecule has 0 saturated heterocycles. The number of hydrogen-bond donors (Lipinski definition) is 1. The summed E-state index contributed by atoms with van der Waals surface area (Å²) in [5, 5.41) is 5.00. The molecule has 1 atom stereocenters. The van der Waals surface area contributed by atoms with Gasteiger partial charge in [0.2, 0.25) is 0 Å². The number of amides is 1. The lowest BCUT2D eigenvalue weighted by Crippen LogP contribution is -2.41. The van der Waals surface area contributed by atoms with Crippen LogP contribution in [0.3, 0.4) is 0 Å². The summed E-state index contributed by atoms with van der Waals surface area (Å²) in [7, 11) is 1.33. The molecule has 0 aliphatic carbocycles. The molecule has 28 heavy (non-hydrogen) atoms. The number of carbonyl (C=O) groups is 2. The van der Waals surface area contributed by atoms with Crippen LogP contribution in [0, 0.1) is 0 Å². The Labute approximate surface area is 173 Å². The molecular formula is C23H22BrNO3. The smallest absolute Gasteiger partial charge is 0.328 e. The summed E-state index contributed by atoms with van der Waals surface area (Å²) in [5.41, 5.74) is 2.29. The van der Waals surface area contributed by atoms with Crippen LogP contribution in [-0.2, 0) is 9.53 Å². The molecule has 0 aliphatic heterocycles. The van der Waals surface area contributed by atoms with Crippen molar-refractivity contribution in [2.75, 3.05) is 7.11 Å². The predicted molar refractivity (Wildman–Crippen MR) is 115 cm³/mol. The van der Waals surface area contributed by atoms with Gasteiger partial charge >= 0.3 is 5.97 Å². The highest BCUT2D eigenvalue weighted by molar-refractivity contribution is 9.10. The fraction of sp³-hybridized carbons (Fsp3) is 0.217. The molecule has 0 radical (unpaired) electrons. The SMILES string of the molecule is CCC[C@H](NC(=O)c1ccc(Br)cc1-c1cccc2ccccc12)C(=O)OC. The number of hydrogen-bond acceptors (Lipinski definition) is 3. The highest BCUT2D eigenvalue weighted by Gasteiger charge is 2.23. The van der Waals surface area contributed by atoms with Gasteiger partial charge in [-0.3, -0.25) is 4.79 Å². The van der Waals surface area contributed by atoms with Crippen LogP contribution < -0.4 is 5.32 Å². The average Bonchev–Trinajstić information content (AvgIpc) is 2.72. The van der Waals surface area contributed by atoms with Crippen molar-refractivity contribution < 1.29 is 14.3 Å². The molecule has 3 rings (SSSR count). The second kappa shape index (κ2) is 9.02. The molecule has 1 N–H and O–H groups in total. The lowest BCUT2D eigenvalue weighted by Gasteiger charge is -2.18. The summed E-state index contributed by atoms with van der Waals surface area (Å²) in [5.74, 6) is -0.724. The van der Waals surface area contributed by atoms with E-state index >= 15 is 0 Å². The Morgan fingerprint density at radius 1 is 1.04 bits per heavy atom. The maximum atomic E-state index is 13.1. The van der Waals surface area contributed by atoms with E-state index in [2.05, 4.69) is 21.2 Å². The maximum absolute atomic E-state index is 13.1. The van der Waals surface area contributed by atoms with Gasteiger partial charge in [0.15, 0.2) is 0 Å². The minimum Gasteiger partial charge on any atom is -0.467 e. The Balaban J connectivity index is 2.06. The fourth-order valence-electron chi connectivity index (χ4n) is 3.31. The van der Waals surface area contributed by atoms with Crippen molar-refractivity contribution in [3.63, 3.8) is 0 Å². The van der Waals surface area contributed by atoms with Crippen LogP contribution in [0.25, 0.3) is 21.9 Å². The van der Waals surface area contributed by atoms with E-state index in [9.17, 15) is 9.59 Å². The van der Waals surface area contributed by atoms with Crippen molar-refractivity contribution in [2.45, 2.75) is 25.8 Å². The van der Waals surface area contributed by atoms with E-state index in [1.54, 1.807) is 6.07 Å². The summed E-state index contributed by atoms with van der Waals surface area (Å²) < 4.78 is 5.71. The number of ether oxygens (including phenoxy) is 1. The van der Waals surface area contributed by atoms with E-state index in [1.807, 2.05) is 61.5 Å². The number of nitrogens with one attached hydrogen (secondary N) is 1. The Morgan fingerprint density at radius 2 is 1.79 bits per heavy atom. The molecule has 144 valence electrons. The summed E-state index contributed by atoms with van der Waals surface area (Å²) >= 11 is 3.51. The van der Waals surface area contributed by atoms with Gasteiger partial charge in [-0.2, -0.15) is 0 Å². The molecule has 3 aromatic rings. The normalized spacial score (nSPS) is 11.8. The number of methoxy groups -OCH3 is 1. The maximum Gasteiger partial charge on any atom is 0.328 e. The standard InChI is InChI=1S/C23H22BrNO3/c1-3-7-21(23(27)28-2)25-22(26)19-13-12-16(24)14-20(19)18-11-6-9-15-8-4-5-10-17(15)18/h4-6,8-14,21H,3,7H2,1-2H3,(H,25,26)/t21-/m0/s1. The molecular weight excluding hydrogens is 418 g/mol. The zero-order valence-corrected chi connectivity index (χ0v) is 17.5. The first-order chi connectivity index (χ1) is 13.5. The molecule has 0 spiro atoms. The topological polar surface area (TPSA) is 55.4 Å². The van der Waals surface area contributed by atoms with Crippen LogP contribution in [0.2, 0.25) is 0 Å². The summed E-state index contributed by atoms with van der Waals surface area (Å²) in [6, 6.07) is 19.0. The molecule has 5 heteroatoms. The van der Waals surface area contributed by atoms with E-state index in [-0.39, 0.29) is 5.91 Å². The van der Waals surface area contributed by atoms with Gasteiger partial charge in [-0.25, -0.2) is 4.79 Å². The van der Waals surface area contributed by atoms with Crippen LogP contribution in [0.4, 0.5) is 0 Å². The molecule has 0 heterocycles. The van der Waals surface area contributed by atoms with Crippen LogP contribution in [0.1, 0.15) is 30.1 Å². The monoisotopic (exact) mass is 439 g/mol. The summed E-state index contributed by atoms with van der Waals surface area (Å²) in [6.07, 6.45) is 1.29. The summed E-state index contributed by atoms with van der Waals surface area (Å²) in [4.78, 5) is 25.1. The van der Waals surface area contributed by atoms with Gasteiger partial charge in [0.05, 0.1) is 7.11 Å². The molecule has 4 nitrogen and oxygen atoms in total. The second-order valence-corrected chi connectivity index (χ2v) is 7.47. The lowest BCUT2D eigenvalue weighted by atomic mass is 9.94. The number of fused-ring (bicyclic) bond motifs is 1. The van der Waals surface area contributed by atoms with Crippen molar-refractivity contribution in [1.82, 2.24) is 5.32 Å². The van der Waals surface area contributed by atoms with Gasteiger partial charge in [0.25, 0.3) is 5.91 Å². The number of esters is 1. The third kappa shape index (κ3) is 4.25. The first-order valence-electron chi connectivity index (χ1n) is 9.21. The molecule has 0 fully saturated rings. The zero-order valence-electron chi connectivity index (χ0n) is 15.9. The Bertz CT molecular complexity index is 1010. The third-order valence-corrected chi connectivity index (χ3v) is 5.17. The number of benzene rings is 3. The largest absolute Gasteiger partial charge is 0.467 e. The third-order valence-electron chi connectivity index (χ3n) is 4.67.